The van der Waals surface area contributed by atoms with E-state index in [1.54, 1.807) is 30.3 Å². The molecule has 0 saturated carbocycles. The van der Waals surface area contributed by atoms with Crippen molar-refractivity contribution in [3.05, 3.63) is 59.6 Å². The van der Waals surface area contributed by atoms with Crippen LogP contribution in [0.1, 0.15) is 6.92 Å². The third kappa shape index (κ3) is 3.58. The molecule has 0 aliphatic heterocycles. The molecule has 24 heavy (non-hydrogen) atoms. The molecule has 0 spiro atoms. The first-order valence-corrected chi connectivity index (χ1v) is 7.63. The van der Waals surface area contributed by atoms with Gasteiger partial charge >= 0.3 is 5.97 Å². The smallest absolute Gasteiger partial charge is 0.344 e. The Bertz CT molecular complexity index is 880. The van der Waals surface area contributed by atoms with E-state index in [2.05, 4.69) is 4.98 Å². The highest BCUT2D eigenvalue weighted by atomic mass is 35.5. The molecule has 0 bridgehead atoms. The number of carbonyl (C=O) groups is 1. The number of benzene rings is 2. The summed E-state index contributed by atoms with van der Waals surface area (Å²) in [4.78, 5) is 15.2. The third-order valence-corrected chi connectivity index (χ3v) is 3.69. The van der Waals surface area contributed by atoms with E-state index >= 15 is 0 Å². The molecule has 6 heteroatoms. The molecule has 0 saturated heterocycles. The summed E-state index contributed by atoms with van der Waals surface area (Å²) in [7, 11) is 0. The van der Waals surface area contributed by atoms with Crippen molar-refractivity contribution in [2.75, 3.05) is 0 Å². The highest BCUT2D eigenvalue weighted by Gasteiger charge is 2.12. The molecular weight excluding hydrogens is 330 g/mol. The monoisotopic (exact) mass is 343 g/mol. The summed E-state index contributed by atoms with van der Waals surface area (Å²) in [6, 6.07) is 15.8. The van der Waals surface area contributed by atoms with Crippen molar-refractivity contribution in [1.82, 2.24) is 4.98 Å². The van der Waals surface area contributed by atoms with E-state index in [1.807, 2.05) is 24.3 Å². The predicted octanol–water partition coefficient (Wildman–Crippen LogP) is 4.53. The summed E-state index contributed by atoms with van der Waals surface area (Å²) in [6.07, 6.45) is -0.913. The third-order valence-electron chi connectivity index (χ3n) is 3.36. The highest BCUT2D eigenvalue weighted by molar-refractivity contribution is 6.35. The molecule has 1 atom stereocenters. The number of fused-ring (bicyclic) bond motifs is 1. The fraction of sp³-hybridized carbons (Fsp3) is 0.111. The SMILES string of the molecule is C[C@H](Oc1ccc(Oc2ccc3c(Cl)cccc3n2)cc1)C(=O)O. The van der Waals surface area contributed by atoms with Crippen molar-refractivity contribution in [2.24, 2.45) is 0 Å². The van der Waals surface area contributed by atoms with Crippen molar-refractivity contribution in [3.8, 4) is 17.4 Å². The lowest BCUT2D eigenvalue weighted by Crippen LogP contribution is -2.22. The van der Waals surface area contributed by atoms with Gasteiger partial charge in [-0.3, -0.25) is 0 Å². The number of pyridine rings is 1. The van der Waals surface area contributed by atoms with E-state index in [-0.39, 0.29) is 0 Å². The maximum atomic E-state index is 10.8. The van der Waals surface area contributed by atoms with Gasteiger partial charge in [-0.15, -0.1) is 0 Å². The molecule has 2 aromatic carbocycles. The van der Waals surface area contributed by atoms with Crippen LogP contribution in [0.15, 0.2) is 54.6 Å². The zero-order valence-electron chi connectivity index (χ0n) is 12.8. The zero-order valence-corrected chi connectivity index (χ0v) is 13.5. The van der Waals surface area contributed by atoms with Gasteiger partial charge in [0.1, 0.15) is 11.5 Å². The fourth-order valence-corrected chi connectivity index (χ4v) is 2.35. The van der Waals surface area contributed by atoms with E-state index < -0.39 is 12.1 Å². The average molecular weight is 344 g/mol. The van der Waals surface area contributed by atoms with Gasteiger partial charge in [0.05, 0.1) is 5.52 Å². The molecule has 1 N–H and O–H groups in total. The van der Waals surface area contributed by atoms with Crippen LogP contribution in [-0.4, -0.2) is 22.2 Å². The number of ether oxygens (including phenoxy) is 2. The van der Waals surface area contributed by atoms with Gasteiger partial charge in [-0.25, -0.2) is 9.78 Å². The number of carboxylic acid groups (broad SMARTS) is 1. The first-order chi connectivity index (χ1) is 11.5. The van der Waals surface area contributed by atoms with Gasteiger partial charge in [-0.2, -0.15) is 0 Å². The summed E-state index contributed by atoms with van der Waals surface area (Å²) in [5.74, 6) is 0.446. The Kier molecular flexibility index (Phi) is 4.53. The molecule has 0 fully saturated rings. The van der Waals surface area contributed by atoms with Crippen LogP contribution in [0.3, 0.4) is 0 Å². The maximum absolute atomic E-state index is 10.8. The minimum absolute atomic E-state index is 0.442. The van der Waals surface area contributed by atoms with Crippen LogP contribution < -0.4 is 9.47 Å². The number of aliphatic carboxylic acids is 1. The van der Waals surface area contributed by atoms with Crippen LogP contribution in [0.5, 0.6) is 17.4 Å². The van der Waals surface area contributed by atoms with Crippen molar-refractivity contribution < 1.29 is 19.4 Å². The number of hydrogen-bond acceptors (Lipinski definition) is 4. The van der Waals surface area contributed by atoms with E-state index in [0.29, 0.717) is 22.4 Å². The number of nitrogens with zero attached hydrogens (tertiary/aromatic N) is 1. The zero-order chi connectivity index (χ0) is 17.1. The van der Waals surface area contributed by atoms with Gasteiger partial charge in [0.2, 0.25) is 5.88 Å². The van der Waals surface area contributed by atoms with Crippen LogP contribution in [-0.2, 0) is 4.79 Å². The summed E-state index contributed by atoms with van der Waals surface area (Å²) >= 11 is 6.11. The molecular formula is C18H14ClNO4. The lowest BCUT2D eigenvalue weighted by Gasteiger charge is -2.11. The van der Waals surface area contributed by atoms with Crippen LogP contribution in [0, 0.1) is 0 Å². The molecule has 0 aliphatic rings. The number of carboxylic acids is 1. The second kappa shape index (κ2) is 6.76. The van der Waals surface area contributed by atoms with Gasteiger partial charge in [0.15, 0.2) is 6.10 Å². The van der Waals surface area contributed by atoms with E-state index in [0.717, 1.165) is 10.9 Å². The first-order valence-electron chi connectivity index (χ1n) is 7.25. The van der Waals surface area contributed by atoms with E-state index in [4.69, 9.17) is 26.2 Å². The summed E-state index contributed by atoms with van der Waals surface area (Å²) in [5, 5.41) is 10.3. The van der Waals surface area contributed by atoms with Crippen LogP contribution in [0.25, 0.3) is 10.9 Å². The molecule has 1 aromatic heterocycles. The molecule has 0 aliphatic carbocycles. The summed E-state index contributed by atoms with van der Waals surface area (Å²) in [5.41, 5.74) is 0.746. The normalized spacial score (nSPS) is 11.9. The molecule has 0 unspecified atom stereocenters. The molecule has 3 rings (SSSR count). The Labute approximate surface area is 143 Å². The van der Waals surface area contributed by atoms with Gasteiger partial charge in [-0.1, -0.05) is 17.7 Å². The molecule has 3 aromatic rings. The molecule has 0 radical (unpaired) electrons. The Balaban J connectivity index is 1.75. The number of halogens is 1. The maximum Gasteiger partial charge on any atom is 0.344 e. The second-order valence-corrected chi connectivity index (χ2v) is 5.53. The van der Waals surface area contributed by atoms with Crippen molar-refractivity contribution in [3.63, 3.8) is 0 Å². The number of hydrogen-bond donors (Lipinski definition) is 1. The van der Waals surface area contributed by atoms with Crippen LogP contribution >= 0.6 is 11.6 Å². The first kappa shape index (κ1) is 16.1. The minimum atomic E-state index is -1.02. The van der Waals surface area contributed by atoms with E-state index in [9.17, 15) is 4.79 Å². The summed E-state index contributed by atoms with van der Waals surface area (Å²) in [6.45, 7) is 1.47. The van der Waals surface area contributed by atoms with Crippen LogP contribution in [0.2, 0.25) is 5.02 Å². The fourth-order valence-electron chi connectivity index (χ4n) is 2.12. The second-order valence-electron chi connectivity index (χ2n) is 5.13. The summed E-state index contributed by atoms with van der Waals surface area (Å²) < 4.78 is 11.0. The Hall–Kier alpha value is -2.79. The molecule has 1 heterocycles. The number of rotatable bonds is 5. The average Bonchev–Trinajstić information content (AvgIpc) is 2.56. The topological polar surface area (TPSA) is 68.7 Å². The minimum Gasteiger partial charge on any atom is -0.479 e. The van der Waals surface area contributed by atoms with Gasteiger partial charge < -0.3 is 14.6 Å². The highest BCUT2D eigenvalue weighted by Crippen LogP contribution is 2.27. The lowest BCUT2D eigenvalue weighted by atomic mass is 10.2. The quantitative estimate of drug-likeness (QED) is 0.737. The molecule has 5 nitrogen and oxygen atoms in total. The van der Waals surface area contributed by atoms with Gasteiger partial charge in [0.25, 0.3) is 0 Å². The van der Waals surface area contributed by atoms with Crippen LogP contribution in [0.4, 0.5) is 0 Å². The van der Waals surface area contributed by atoms with E-state index in [1.165, 1.54) is 6.92 Å². The predicted molar refractivity (Wildman–Crippen MR) is 91.0 cm³/mol. The van der Waals surface area contributed by atoms with Crippen molar-refractivity contribution in [2.45, 2.75) is 13.0 Å². The Morgan fingerprint density at radius 3 is 2.50 bits per heavy atom. The molecule has 0 amide bonds. The largest absolute Gasteiger partial charge is 0.479 e. The Morgan fingerprint density at radius 2 is 1.79 bits per heavy atom. The van der Waals surface area contributed by atoms with Gasteiger partial charge in [-0.05, 0) is 49.4 Å². The Morgan fingerprint density at radius 1 is 1.08 bits per heavy atom. The van der Waals surface area contributed by atoms with Crippen molar-refractivity contribution in [1.29, 1.82) is 0 Å². The standard InChI is InChI=1S/C18H14ClNO4/c1-11(18(21)22)23-12-5-7-13(8-6-12)24-17-10-9-14-15(19)3-2-4-16(14)20-17/h2-11H,1H3,(H,21,22)/t11-/m0/s1. The van der Waals surface area contributed by atoms with Gasteiger partial charge in [0, 0.05) is 16.5 Å². The number of aromatic nitrogens is 1. The lowest BCUT2D eigenvalue weighted by molar-refractivity contribution is -0.144. The van der Waals surface area contributed by atoms with Crippen molar-refractivity contribution >= 4 is 28.5 Å². The molecule has 122 valence electrons.